The first kappa shape index (κ1) is 14.7. The van der Waals surface area contributed by atoms with Crippen LogP contribution in [0.15, 0.2) is 40.9 Å². The molecule has 0 aromatic heterocycles. The Bertz CT molecular complexity index is 667. The Hall–Kier alpha value is -1.66. The first-order chi connectivity index (χ1) is 9.47. The normalized spacial score (nSPS) is 10.3. The number of anilines is 1. The van der Waals surface area contributed by atoms with Crippen LogP contribution < -0.4 is 5.32 Å². The molecule has 0 unspecified atom stereocenters. The highest BCUT2D eigenvalue weighted by atomic mass is 79.9. The van der Waals surface area contributed by atoms with Crippen LogP contribution in [-0.4, -0.2) is 4.92 Å². The van der Waals surface area contributed by atoms with Crippen LogP contribution in [0.25, 0.3) is 0 Å². The summed E-state index contributed by atoms with van der Waals surface area (Å²) >= 11 is 8.77. The van der Waals surface area contributed by atoms with Gasteiger partial charge in [-0.3, -0.25) is 10.1 Å². The van der Waals surface area contributed by atoms with E-state index in [1.165, 1.54) is 12.1 Å². The van der Waals surface area contributed by atoms with Crippen LogP contribution in [0.5, 0.6) is 0 Å². The second kappa shape index (κ2) is 6.19. The fourth-order valence-electron chi connectivity index (χ4n) is 1.62. The van der Waals surface area contributed by atoms with Crippen molar-refractivity contribution in [3.63, 3.8) is 0 Å². The molecule has 0 spiro atoms. The summed E-state index contributed by atoms with van der Waals surface area (Å²) in [4.78, 5) is 10.3. The number of nitrogens with zero attached hydrogens (tertiary/aromatic N) is 1. The SMILES string of the molecule is O=[N+]([O-])c1cc(NCc2ccc(Cl)cc2F)ccc1Br. The monoisotopic (exact) mass is 358 g/mol. The maximum absolute atomic E-state index is 13.6. The molecule has 2 aromatic carbocycles. The molecule has 104 valence electrons. The number of hydrogen-bond acceptors (Lipinski definition) is 3. The van der Waals surface area contributed by atoms with Crippen LogP contribution >= 0.6 is 27.5 Å². The molecule has 0 atom stereocenters. The van der Waals surface area contributed by atoms with Crippen LogP contribution in [0.1, 0.15) is 5.56 Å². The second-order valence-electron chi connectivity index (χ2n) is 4.01. The lowest BCUT2D eigenvalue weighted by Gasteiger charge is -2.08. The van der Waals surface area contributed by atoms with E-state index >= 15 is 0 Å². The molecule has 7 heteroatoms. The van der Waals surface area contributed by atoms with Gasteiger partial charge in [-0.1, -0.05) is 17.7 Å². The molecule has 2 rings (SSSR count). The van der Waals surface area contributed by atoms with Gasteiger partial charge < -0.3 is 5.32 Å². The summed E-state index contributed by atoms with van der Waals surface area (Å²) in [5.41, 5.74) is 0.917. The van der Waals surface area contributed by atoms with E-state index < -0.39 is 10.7 Å². The summed E-state index contributed by atoms with van der Waals surface area (Å²) in [6, 6.07) is 9.01. The third-order valence-electron chi connectivity index (χ3n) is 2.64. The summed E-state index contributed by atoms with van der Waals surface area (Å²) in [5.74, 6) is -0.420. The first-order valence-corrected chi connectivity index (χ1v) is 6.76. The van der Waals surface area contributed by atoms with Crippen molar-refractivity contribution >= 4 is 38.9 Å². The van der Waals surface area contributed by atoms with E-state index in [4.69, 9.17) is 11.6 Å². The Morgan fingerprint density at radius 1 is 1.30 bits per heavy atom. The predicted molar refractivity (Wildman–Crippen MR) is 79.5 cm³/mol. The first-order valence-electron chi connectivity index (χ1n) is 5.59. The van der Waals surface area contributed by atoms with Gasteiger partial charge in [-0.25, -0.2) is 4.39 Å². The summed E-state index contributed by atoms with van der Waals surface area (Å²) in [7, 11) is 0. The average molecular weight is 360 g/mol. The minimum atomic E-state index is -0.488. The second-order valence-corrected chi connectivity index (χ2v) is 5.30. The average Bonchev–Trinajstić information content (AvgIpc) is 2.39. The van der Waals surface area contributed by atoms with Crippen molar-refractivity contribution < 1.29 is 9.31 Å². The molecular weight excluding hydrogens is 351 g/mol. The third kappa shape index (κ3) is 3.46. The molecule has 0 amide bonds. The van der Waals surface area contributed by atoms with E-state index in [9.17, 15) is 14.5 Å². The number of hydrogen-bond donors (Lipinski definition) is 1. The highest BCUT2D eigenvalue weighted by molar-refractivity contribution is 9.10. The zero-order valence-electron chi connectivity index (χ0n) is 10.1. The molecule has 0 saturated carbocycles. The number of nitro groups is 1. The topological polar surface area (TPSA) is 55.2 Å². The minimum Gasteiger partial charge on any atom is -0.381 e. The van der Waals surface area contributed by atoms with Gasteiger partial charge >= 0.3 is 0 Å². The lowest BCUT2D eigenvalue weighted by atomic mass is 10.2. The number of benzene rings is 2. The summed E-state index contributed by atoms with van der Waals surface area (Å²) in [6.07, 6.45) is 0. The molecule has 0 aliphatic heterocycles. The summed E-state index contributed by atoms with van der Waals surface area (Å²) < 4.78 is 14.0. The van der Waals surface area contributed by atoms with Crippen molar-refractivity contribution in [3.05, 3.63) is 67.4 Å². The maximum Gasteiger partial charge on any atom is 0.285 e. The Labute approximate surface area is 127 Å². The summed E-state index contributed by atoms with van der Waals surface area (Å²) in [6.45, 7) is 0.210. The molecule has 0 aliphatic rings. The number of rotatable bonds is 4. The Kier molecular flexibility index (Phi) is 4.57. The van der Waals surface area contributed by atoms with Crippen molar-refractivity contribution in [2.75, 3.05) is 5.32 Å². The molecule has 0 bridgehead atoms. The van der Waals surface area contributed by atoms with Crippen LogP contribution in [0, 0.1) is 15.9 Å². The highest BCUT2D eigenvalue weighted by Gasteiger charge is 2.12. The minimum absolute atomic E-state index is 0.0495. The lowest BCUT2D eigenvalue weighted by molar-refractivity contribution is -0.385. The molecule has 20 heavy (non-hydrogen) atoms. The van der Waals surface area contributed by atoms with Gasteiger partial charge in [-0.2, -0.15) is 0 Å². The van der Waals surface area contributed by atoms with Gasteiger partial charge in [0.15, 0.2) is 0 Å². The van der Waals surface area contributed by atoms with Crippen molar-refractivity contribution in [2.24, 2.45) is 0 Å². The molecule has 0 radical (unpaired) electrons. The molecule has 2 aromatic rings. The van der Waals surface area contributed by atoms with Crippen molar-refractivity contribution in [2.45, 2.75) is 6.54 Å². The van der Waals surface area contributed by atoms with Gasteiger partial charge in [0.05, 0.1) is 9.40 Å². The largest absolute Gasteiger partial charge is 0.381 e. The van der Waals surface area contributed by atoms with Gasteiger partial charge in [0.1, 0.15) is 5.82 Å². The zero-order chi connectivity index (χ0) is 14.7. The third-order valence-corrected chi connectivity index (χ3v) is 3.55. The van der Waals surface area contributed by atoms with Gasteiger partial charge in [-0.15, -0.1) is 0 Å². The highest BCUT2D eigenvalue weighted by Crippen LogP contribution is 2.28. The molecular formula is C13H9BrClFN2O2. The van der Waals surface area contributed by atoms with Crippen molar-refractivity contribution in [1.29, 1.82) is 0 Å². The molecule has 0 aliphatic carbocycles. The number of nitrogens with one attached hydrogen (secondary N) is 1. The molecule has 4 nitrogen and oxygen atoms in total. The van der Waals surface area contributed by atoms with Gasteiger partial charge in [-0.05, 0) is 40.2 Å². The molecule has 1 N–H and O–H groups in total. The quantitative estimate of drug-likeness (QED) is 0.632. The number of halogens is 3. The van der Waals surface area contributed by atoms with Gasteiger partial charge in [0.2, 0.25) is 0 Å². The van der Waals surface area contributed by atoms with Gasteiger partial charge in [0.25, 0.3) is 5.69 Å². The van der Waals surface area contributed by atoms with Crippen LogP contribution in [0.4, 0.5) is 15.8 Å². The molecule has 0 fully saturated rings. The fourth-order valence-corrected chi connectivity index (χ4v) is 2.18. The Morgan fingerprint density at radius 3 is 2.70 bits per heavy atom. The fraction of sp³-hybridized carbons (Fsp3) is 0.0769. The zero-order valence-corrected chi connectivity index (χ0v) is 12.4. The van der Waals surface area contributed by atoms with Crippen LogP contribution in [-0.2, 0) is 6.54 Å². The lowest BCUT2D eigenvalue weighted by Crippen LogP contribution is -2.02. The van der Waals surface area contributed by atoms with E-state index in [-0.39, 0.29) is 12.2 Å². The molecule has 0 saturated heterocycles. The maximum atomic E-state index is 13.6. The number of nitro benzene ring substituents is 1. The van der Waals surface area contributed by atoms with Crippen molar-refractivity contribution in [3.8, 4) is 0 Å². The summed E-state index contributed by atoms with van der Waals surface area (Å²) in [5, 5.41) is 14.1. The van der Waals surface area contributed by atoms with E-state index in [1.54, 1.807) is 24.3 Å². The smallest absolute Gasteiger partial charge is 0.285 e. The van der Waals surface area contributed by atoms with E-state index in [0.29, 0.717) is 20.7 Å². The Morgan fingerprint density at radius 2 is 2.05 bits per heavy atom. The van der Waals surface area contributed by atoms with Crippen molar-refractivity contribution in [1.82, 2.24) is 0 Å². The van der Waals surface area contributed by atoms with E-state index in [2.05, 4.69) is 21.2 Å². The van der Waals surface area contributed by atoms with Crippen LogP contribution in [0.2, 0.25) is 5.02 Å². The standard InChI is InChI=1S/C13H9BrClFN2O2/c14-11-4-3-10(6-13(11)18(19)20)17-7-8-1-2-9(15)5-12(8)16/h1-6,17H,7H2. The van der Waals surface area contributed by atoms with E-state index in [1.807, 2.05) is 0 Å². The Balaban J connectivity index is 2.15. The van der Waals surface area contributed by atoms with E-state index in [0.717, 1.165) is 0 Å². The molecule has 0 heterocycles. The van der Waals surface area contributed by atoms with Gasteiger partial charge in [0, 0.05) is 28.9 Å². The predicted octanol–water partition coefficient (Wildman–Crippen LogP) is 4.76. The van der Waals surface area contributed by atoms with Crippen LogP contribution in [0.3, 0.4) is 0 Å².